The third-order valence-corrected chi connectivity index (χ3v) is 2.92. The Morgan fingerprint density at radius 1 is 1.25 bits per heavy atom. The second kappa shape index (κ2) is 3.93. The number of Topliss-reactive ketones (excluding diaryl/α,β-unsaturated/α-hetero) is 1. The maximum absolute atomic E-state index is 12.1. The Labute approximate surface area is 95.8 Å². The molecule has 16 heavy (non-hydrogen) atoms. The summed E-state index contributed by atoms with van der Waals surface area (Å²) >= 11 is 0. The van der Waals surface area contributed by atoms with Crippen molar-refractivity contribution in [3.63, 3.8) is 0 Å². The molecular weight excluding hydrogens is 196 g/mol. The molecule has 0 spiro atoms. The van der Waals surface area contributed by atoms with Gasteiger partial charge in [-0.25, -0.2) is 0 Å². The highest BCUT2D eigenvalue weighted by Gasteiger charge is 2.24. The molecule has 0 aliphatic heterocycles. The highest BCUT2D eigenvalue weighted by Crippen LogP contribution is 2.33. The lowest BCUT2D eigenvalue weighted by Crippen LogP contribution is -1.96. The standard InChI is InChI=1S/C15H14O/c1-4-10(2)9-14-11(3)12-7-5-6-8-13(12)15(14)16/h4-9H,1H2,2-3H3/b10-9-. The van der Waals surface area contributed by atoms with Crippen LogP contribution in [0, 0.1) is 0 Å². The lowest BCUT2D eigenvalue weighted by Gasteiger charge is -1.96. The Morgan fingerprint density at radius 2 is 1.88 bits per heavy atom. The summed E-state index contributed by atoms with van der Waals surface area (Å²) in [5.41, 5.74) is 4.72. The maximum Gasteiger partial charge on any atom is 0.193 e. The molecule has 1 nitrogen and oxygen atoms in total. The molecular formula is C15H14O. The van der Waals surface area contributed by atoms with Crippen LogP contribution in [0.2, 0.25) is 0 Å². The quantitative estimate of drug-likeness (QED) is 0.679. The molecule has 1 aromatic rings. The van der Waals surface area contributed by atoms with Crippen molar-refractivity contribution in [2.75, 3.05) is 0 Å². The highest BCUT2D eigenvalue weighted by molar-refractivity contribution is 6.22. The van der Waals surface area contributed by atoms with E-state index >= 15 is 0 Å². The van der Waals surface area contributed by atoms with Gasteiger partial charge in [-0.2, -0.15) is 0 Å². The minimum absolute atomic E-state index is 0.120. The molecule has 1 aliphatic rings. The number of hydrogen-bond donors (Lipinski definition) is 0. The third-order valence-electron chi connectivity index (χ3n) is 2.92. The average molecular weight is 210 g/mol. The highest BCUT2D eigenvalue weighted by atomic mass is 16.1. The molecule has 1 aliphatic carbocycles. The topological polar surface area (TPSA) is 17.1 Å². The Hall–Kier alpha value is -1.89. The first-order valence-electron chi connectivity index (χ1n) is 5.31. The van der Waals surface area contributed by atoms with Crippen molar-refractivity contribution in [2.45, 2.75) is 13.8 Å². The zero-order valence-electron chi connectivity index (χ0n) is 9.58. The van der Waals surface area contributed by atoms with Crippen molar-refractivity contribution < 1.29 is 4.79 Å². The summed E-state index contributed by atoms with van der Waals surface area (Å²) in [6.45, 7) is 7.64. The van der Waals surface area contributed by atoms with Crippen molar-refractivity contribution in [1.82, 2.24) is 0 Å². The molecule has 0 saturated carbocycles. The summed E-state index contributed by atoms with van der Waals surface area (Å²) in [5.74, 6) is 0.120. The largest absolute Gasteiger partial charge is 0.289 e. The summed E-state index contributed by atoms with van der Waals surface area (Å²) < 4.78 is 0. The lowest BCUT2D eigenvalue weighted by atomic mass is 10.1. The van der Waals surface area contributed by atoms with E-state index in [-0.39, 0.29) is 5.78 Å². The van der Waals surface area contributed by atoms with Gasteiger partial charge in [-0.3, -0.25) is 4.79 Å². The molecule has 0 radical (unpaired) electrons. The average Bonchev–Trinajstić information content (AvgIpc) is 2.55. The molecule has 0 heterocycles. The summed E-state index contributed by atoms with van der Waals surface area (Å²) in [6.07, 6.45) is 3.67. The number of rotatable bonds is 2. The minimum atomic E-state index is 0.120. The minimum Gasteiger partial charge on any atom is -0.289 e. The Bertz CT molecular complexity index is 530. The summed E-state index contributed by atoms with van der Waals surface area (Å²) in [4.78, 5) is 12.1. The van der Waals surface area contributed by atoms with Crippen molar-refractivity contribution in [3.8, 4) is 0 Å². The van der Waals surface area contributed by atoms with E-state index < -0.39 is 0 Å². The zero-order chi connectivity index (χ0) is 11.7. The first-order chi connectivity index (χ1) is 7.65. The van der Waals surface area contributed by atoms with E-state index in [0.717, 1.165) is 27.8 Å². The summed E-state index contributed by atoms with van der Waals surface area (Å²) in [5, 5.41) is 0. The predicted molar refractivity (Wildman–Crippen MR) is 67.3 cm³/mol. The van der Waals surface area contributed by atoms with Gasteiger partial charge < -0.3 is 0 Å². The number of allylic oxidation sites excluding steroid dienone is 5. The molecule has 1 aromatic carbocycles. The molecule has 0 unspecified atom stereocenters. The second-order valence-corrected chi connectivity index (χ2v) is 4.01. The molecule has 0 amide bonds. The molecule has 1 heteroatoms. The van der Waals surface area contributed by atoms with Crippen molar-refractivity contribution in [1.29, 1.82) is 0 Å². The van der Waals surface area contributed by atoms with Crippen LogP contribution in [-0.4, -0.2) is 5.78 Å². The van der Waals surface area contributed by atoms with E-state index in [1.165, 1.54) is 0 Å². The molecule has 0 aromatic heterocycles. The van der Waals surface area contributed by atoms with Gasteiger partial charge in [0.15, 0.2) is 5.78 Å². The van der Waals surface area contributed by atoms with E-state index in [4.69, 9.17) is 0 Å². The number of carbonyl (C=O) groups is 1. The SMILES string of the molecule is C=C/C(C)=C\C1=C(C)c2ccccc2C1=O. The predicted octanol–water partition coefficient (Wildman–Crippen LogP) is 3.79. The van der Waals surface area contributed by atoms with E-state index in [1.807, 2.05) is 44.2 Å². The number of carbonyl (C=O) groups excluding carboxylic acids is 1. The van der Waals surface area contributed by atoms with Crippen LogP contribution >= 0.6 is 0 Å². The first kappa shape index (κ1) is 10.6. The van der Waals surface area contributed by atoms with Gasteiger partial charge in [0.2, 0.25) is 0 Å². The fourth-order valence-corrected chi connectivity index (χ4v) is 1.93. The van der Waals surface area contributed by atoms with Crippen LogP contribution in [0.3, 0.4) is 0 Å². The fraction of sp³-hybridized carbons (Fsp3) is 0.133. The Balaban J connectivity index is 2.56. The van der Waals surface area contributed by atoms with E-state index in [1.54, 1.807) is 6.08 Å². The van der Waals surface area contributed by atoms with Gasteiger partial charge >= 0.3 is 0 Å². The Kier molecular flexibility index (Phi) is 2.61. The van der Waals surface area contributed by atoms with Gasteiger partial charge in [-0.05, 0) is 31.1 Å². The maximum atomic E-state index is 12.1. The number of benzene rings is 1. The molecule has 0 N–H and O–H groups in total. The van der Waals surface area contributed by atoms with Crippen LogP contribution in [0.4, 0.5) is 0 Å². The smallest absolute Gasteiger partial charge is 0.193 e. The third kappa shape index (κ3) is 1.54. The van der Waals surface area contributed by atoms with Crippen molar-refractivity contribution in [3.05, 3.63) is 65.3 Å². The molecule has 0 bridgehead atoms. The summed E-state index contributed by atoms with van der Waals surface area (Å²) in [7, 11) is 0. The first-order valence-corrected chi connectivity index (χ1v) is 5.31. The van der Waals surface area contributed by atoms with E-state index in [0.29, 0.717) is 0 Å². The van der Waals surface area contributed by atoms with E-state index in [9.17, 15) is 4.79 Å². The monoisotopic (exact) mass is 210 g/mol. The van der Waals surface area contributed by atoms with Gasteiger partial charge in [-0.15, -0.1) is 0 Å². The van der Waals surface area contributed by atoms with Gasteiger partial charge in [0.25, 0.3) is 0 Å². The number of fused-ring (bicyclic) bond motifs is 1. The number of hydrogen-bond acceptors (Lipinski definition) is 1. The molecule has 0 saturated heterocycles. The zero-order valence-corrected chi connectivity index (χ0v) is 9.58. The van der Waals surface area contributed by atoms with Crippen LogP contribution in [0.25, 0.3) is 5.57 Å². The van der Waals surface area contributed by atoms with Crippen LogP contribution in [-0.2, 0) is 0 Å². The fourth-order valence-electron chi connectivity index (χ4n) is 1.93. The summed E-state index contributed by atoms with van der Waals surface area (Å²) in [6, 6.07) is 7.73. The van der Waals surface area contributed by atoms with E-state index in [2.05, 4.69) is 6.58 Å². The molecule has 2 rings (SSSR count). The second-order valence-electron chi connectivity index (χ2n) is 4.01. The van der Waals surface area contributed by atoms with Gasteiger partial charge in [0.1, 0.15) is 0 Å². The van der Waals surface area contributed by atoms with Crippen LogP contribution < -0.4 is 0 Å². The molecule has 0 fully saturated rings. The van der Waals surface area contributed by atoms with Crippen molar-refractivity contribution >= 4 is 11.4 Å². The van der Waals surface area contributed by atoms with Gasteiger partial charge in [0, 0.05) is 11.1 Å². The lowest BCUT2D eigenvalue weighted by molar-refractivity contribution is 0.104. The van der Waals surface area contributed by atoms with Crippen molar-refractivity contribution in [2.24, 2.45) is 0 Å². The Morgan fingerprint density at radius 3 is 2.44 bits per heavy atom. The van der Waals surface area contributed by atoms with Crippen LogP contribution in [0.5, 0.6) is 0 Å². The van der Waals surface area contributed by atoms with Crippen LogP contribution in [0.1, 0.15) is 29.8 Å². The molecule has 80 valence electrons. The van der Waals surface area contributed by atoms with Gasteiger partial charge in [0.05, 0.1) is 0 Å². The normalized spacial score (nSPS) is 15.4. The number of ketones is 1. The van der Waals surface area contributed by atoms with Crippen LogP contribution in [0.15, 0.2) is 54.1 Å². The molecule has 0 atom stereocenters. The van der Waals surface area contributed by atoms with Gasteiger partial charge in [-0.1, -0.05) is 42.5 Å².